The van der Waals surface area contributed by atoms with Crippen LogP contribution >= 0.6 is 0 Å². The Kier molecular flexibility index (Phi) is 6.78. The van der Waals surface area contributed by atoms with Gasteiger partial charge >= 0.3 is 5.97 Å². The van der Waals surface area contributed by atoms with E-state index in [9.17, 15) is 14.4 Å². The fraction of sp³-hybridized carbons (Fsp3) is 0.409. The van der Waals surface area contributed by atoms with Gasteiger partial charge in [0.25, 0.3) is 0 Å². The van der Waals surface area contributed by atoms with Crippen molar-refractivity contribution in [1.82, 2.24) is 4.98 Å². The highest BCUT2D eigenvalue weighted by molar-refractivity contribution is 6.05. The van der Waals surface area contributed by atoms with Crippen LogP contribution in [-0.2, 0) is 4.74 Å². The lowest BCUT2D eigenvalue weighted by molar-refractivity contribution is 0.0317. The van der Waals surface area contributed by atoms with Crippen LogP contribution in [0.15, 0.2) is 24.3 Å². The van der Waals surface area contributed by atoms with Crippen LogP contribution in [-0.4, -0.2) is 35.2 Å². The summed E-state index contributed by atoms with van der Waals surface area (Å²) in [4.78, 5) is 39.7. The van der Waals surface area contributed by atoms with Gasteiger partial charge in [0.1, 0.15) is 5.75 Å². The molecular weight excluding hydrogens is 358 g/mol. The Morgan fingerprint density at radius 2 is 1.64 bits per heavy atom. The number of aromatic amines is 1. The van der Waals surface area contributed by atoms with Crippen molar-refractivity contribution in [3.8, 4) is 5.75 Å². The second kappa shape index (κ2) is 8.87. The summed E-state index contributed by atoms with van der Waals surface area (Å²) in [5.74, 6) is -0.0132. The minimum absolute atomic E-state index is 0.116. The number of nitrogens with one attached hydrogen (secondary N) is 1. The third-order valence-electron chi connectivity index (χ3n) is 4.36. The first-order valence-electron chi connectivity index (χ1n) is 9.30. The van der Waals surface area contributed by atoms with Crippen LogP contribution in [0.1, 0.15) is 70.2 Å². The molecule has 1 aromatic heterocycles. The van der Waals surface area contributed by atoms with Gasteiger partial charge in [-0.3, -0.25) is 9.59 Å². The lowest BCUT2D eigenvalue weighted by Gasteiger charge is -2.13. The Morgan fingerprint density at radius 1 is 1.04 bits per heavy atom. The van der Waals surface area contributed by atoms with Gasteiger partial charge in [-0.25, -0.2) is 4.79 Å². The highest BCUT2D eigenvalue weighted by atomic mass is 16.5. The minimum Gasteiger partial charge on any atom is -0.493 e. The molecule has 0 unspecified atom stereocenters. The first kappa shape index (κ1) is 21.4. The van der Waals surface area contributed by atoms with Gasteiger partial charge in [0.05, 0.1) is 17.9 Å². The van der Waals surface area contributed by atoms with Gasteiger partial charge in [-0.05, 0) is 63.4 Å². The quantitative estimate of drug-likeness (QED) is 0.541. The van der Waals surface area contributed by atoms with Crippen LogP contribution < -0.4 is 4.74 Å². The zero-order chi connectivity index (χ0) is 21.0. The first-order valence-corrected chi connectivity index (χ1v) is 9.30. The number of carbonyl (C=O) groups is 3. The smallest absolute Gasteiger partial charge is 0.338 e. The third-order valence-corrected chi connectivity index (χ3v) is 4.36. The van der Waals surface area contributed by atoms with Gasteiger partial charge in [0, 0.05) is 11.3 Å². The fourth-order valence-electron chi connectivity index (χ4n) is 2.96. The van der Waals surface area contributed by atoms with Crippen molar-refractivity contribution in [2.75, 3.05) is 6.61 Å². The Bertz CT molecular complexity index is 877. The number of H-pyrrole nitrogens is 1. The minimum atomic E-state index is -0.985. The molecule has 1 aromatic carbocycles. The molecule has 6 heteroatoms. The first-order chi connectivity index (χ1) is 13.1. The topological polar surface area (TPSA) is 85.5 Å². The van der Waals surface area contributed by atoms with Crippen LogP contribution in [0.3, 0.4) is 0 Å². The van der Waals surface area contributed by atoms with Gasteiger partial charge < -0.3 is 14.5 Å². The molecular formula is C22H27NO5. The molecule has 0 amide bonds. The molecule has 0 bridgehead atoms. The lowest BCUT2D eigenvalue weighted by atomic mass is 10.0. The highest BCUT2D eigenvalue weighted by Gasteiger charge is 2.26. The van der Waals surface area contributed by atoms with E-state index >= 15 is 0 Å². The molecule has 0 saturated heterocycles. The molecule has 0 saturated carbocycles. The predicted molar refractivity (Wildman–Crippen MR) is 106 cm³/mol. The monoisotopic (exact) mass is 385 g/mol. The number of aryl methyl sites for hydroxylation is 1. The summed E-state index contributed by atoms with van der Waals surface area (Å²) in [6, 6.07) is 6.60. The molecule has 0 aliphatic carbocycles. The maximum absolute atomic E-state index is 12.7. The summed E-state index contributed by atoms with van der Waals surface area (Å²) in [5.41, 5.74) is 2.33. The Hall–Kier alpha value is -2.89. The molecule has 0 fully saturated rings. The zero-order valence-corrected chi connectivity index (χ0v) is 17.2. The van der Waals surface area contributed by atoms with E-state index in [-0.39, 0.29) is 11.6 Å². The van der Waals surface area contributed by atoms with Crippen molar-refractivity contribution in [2.24, 2.45) is 5.92 Å². The molecule has 1 heterocycles. The Labute approximate surface area is 165 Å². The van der Waals surface area contributed by atoms with Gasteiger partial charge in [-0.2, -0.15) is 0 Å². The molecule has 6 nitrogen and oxygen atoms in total. The number of hydrogen-bond donors (Lipinski definition) is 1. The number of esters is 1. The summed E-state index contributed by atoms with van der Waals surface area (Å²) >= 11 is 0. The molecule has 150 valence electrons. The molecule has 0 aliphatic rings. The summed E-state index contributed by atoms with van der Waals surface area (Å²) in [5, 5.41) is 0. The molecule has 1 N–H and O–H groups in total. The number of Topliss-reactive ketones (excluding diaryl/α,β-unsaturated/α-hetero) is 2. The van der Waals surface area contributed by atoms with Crippen LogP contribution in [0.4, 0.5) is 0 Å². The number of carbonyl (C=O) groups excluding carboxylic acids is 3. The van der Waals surface area contributed by atoms with Crippen LogP contribution in [0.5, 0.6) is 5.75 Å². The third kappa shape index (κ3) is 4.88. The summed E-state index contributed by atoms with van der Waals surface area (Å²) in [7, 11) is 0. The largest absolute Gasteiger partial charge is 0.493 e. The lowest BCUT2D eigenvalue weighted by Crippen LogP contribution is -2.25. The molecule has 0 radical (unpaired) electrons. The van der Waals surface area contributed by atoms with Gasteiger partial charge in [0.15, 0.2) is 11.9 Å². The van der Waals surface area contributed by atoms with Crippen molar-refractivity contribution in [1.29, 1.82) is 0 Å². The number of ether oxygens (including phenoxy) is 2. The van der Waals surface area contributed by atoms with E-state index < -0.39 is 12.1 Å². The maximum Gasteiger partial charge on any atom is 0.338 e. The second-order valence-electron chi connectivity index (χ2n) is 7.32. The molecule has 0 spiro atoms. The number of rotatable bonds is 8. The van der Waals surface area contributed by atoms with E-state index in [1.165, 1.54) is 13.8 Å². The average Bonchev–Trinajstić information content (AvgIpc) is 2.93. The van der Waals surface area contributed by atoms with E-state index in [4.69, 9.17) is 9.47 Å². The van der Waals surface area contributed by atoms with E-state index in [2.05, 4.69) is 18.8 Å². The van der Waals surface area contributed by atoms with E-state index in [1.807, 2.05) is 0 Å². The van der Waals surface area contributed by atoms with Gasteiger partial charge in [-0.1, -0.05) is 13.8 Å². The zero-order valence-electron chi connectivity index (χ0n) is 17.2. The van der Waals surface area contributed by atoms with Crippen LogP contribution in [0.2, 0.25) is 0 Å². The molecule has 0 aliphatic heterocycles. The van der Waals surface area contributed by atoms with E-state index in [0.29, 0.717) is 46.4 Å². The summed E-state index contributed by atoms with van der Waals surface area (Å²) < 4.78 is 10.9. The van der Waals surface area contributed by atoms with Crippen LogP contribution in [0.25, 0.3) is 0 Å². The van der Waals surface area contributed by atoms with E-state index in [0.717, 1.165) is 0 Å². The SMILES string of the molecule is CC(=O)c1c(C)[nH]c(C(=O)[C@H](C)OC(=O)c2ccc(OCC(C)C)cc2)c1C. The van der Waals surface area contributed by atoms with Crippen molar-refractivity contribution in [3.63, 3.8) is 0 Å². The summed E-state index contributed by atoms with van der Waals surface area (Å²) in [6.45, 7) is 11.1. The second-order valence-corrected chi connectivity index (χ2v) is 7.32. The Balaban J connectivity index is 2.07. The molecule has 2 aromatic rings. The number of ketones is 2. The van der Waals surface area contributed by atoms with Gasteiger partial charge in [-0.15, -0.1) is 0 Å². The van der Waals surface area contributed by atoms with Gasteiger partial charge in [0.2, 0.25) is 5.78 Å². The van der Waals surface area contributed by atoms with Crippen molar-refractivity contribution < 1.29 is 23.9 Å². The van der Waals surface area contributed by atoms with E-state index in [1.54, 1.807) is 38.1 Å². The average molecular weight is 385 g/mol. The van der Waals surface area contributed by atoms with Crippen molar-refractivity contribution in [3.05, 3.63) is 52.3 Å². The van der Waals surface area contributed by atoms with Crippen molar-refractivity contribution >= 4 is 17.5 Å². The number of aromatic nitrogens is 1. The molecule has 1 atom stereocenters. The standard InChI is InChI=1S/C22H27NO5/c1-12(2)11-27-18-9-7-17(8-10-18)22(26)28-16(6)21(25)20-13(3)19(15(5)24)14(4)23-20/h7-10,12,16,23H,11H2,1-6H3/t16-/m0/s1. The van der Waals surface area contributed by atoms with Crippen LogP contribution in [0, 0.1) is 19.8 Å². The van der Waals surface area contributed by atoms with Crippen molar-refractivity contribution in [2.45, 2.75) is 47.6 Å². The maximum atomic E-state index is 12.7. The molecule has 28 heavy (non-hydrogen) atoms. The number of benzene rings is 1. The highest BCUT2D eigenvalue weighted by Crippen LogP contribution is 2.21. The normalized spacial score (nSPS) is 12.0. The number of hydrogen-bond acceptors (Lipinski definition) is 5. The fourth-order valence-corrected chi connectivity index (χ4v) is 2.96. The molecule has 2 rings (SSSR count). The summed E-state index contributed by atoms with van der Waals surface area (Å²) in [6.07, 6.45) is -0.985. The predicted octanol–water partition coefficient (Wildman–Crippen LogP) is 4.30. The Morgan fingerprint density at radius 3 is 2.14 bits per heavy atom.